The van der Waals surface area contributed by atoms with Gasteiger partial charge in [0.15, 0.2) is 0 Å². The lowest BCUT2D eigenvalue weighted by Gasteiger charge is -2.30. The van der Waals surface area contributed by atoms with Crippen LogP contribution in [-0.2, 0) is 21.6 Å². The molecule has 0 saturated heterocycles. The number of carbonyl (C=O) groups excluding carboxylic acids is 2. The summed E-state index contributed by atoms with van der Waals surface area (Å²) in [6.45, 7) is 1.27. The van der Waals surface area contributed by atoms with Gasteiger partial charge in [0, 0.05) is 46.1 Å². The Bertz CT molecular complexity index is 1910. The molecule has 234 valence electrons. The smallest absolute Gasteiger partial charge is 0.251 e. The molecule has 2 atom stereocenters. The van der Waals surface area contributed by atoms with Crippen LogP contribution < -0.4 is 20.5 Å². The fourth-order valence-corrected chi connectivity index (χ4v) is 6.09. The standard InChI is InChI=1S/C32H30ClF2N5O5/c1-30(29(36)42)15-45-27-21(30)12-24(38-26(27)20-11-19(33)5-6-22(20)34)32(43,18-3-4-18)14-37-28(41)16-9-17-13-40(31(35)7-8-31)39-25(17)23(10-16)44-2/h5-6,9-13,18,43H,3-4,7-8,14-15H2,1-2H3,(H2,36,42)(H,37,41)/t30-,32+/m0/s1. The van der Waals surface area contributed by atoms with Crippen molar-refractivity contribution in [2.75, 3.05) is 20.3 Å². The molecular formula is C32H30ClF2N5O5. The lowest BCUT2D eigenvalue weighted by atomic mass is 9.81. The topological polar surface area (TPSA) is 142 Å². The normalized spacial score (nSPS) is 21.1. The summed E-state index contributed by atoms with van der Waals surface area (Å²) in [5, 5.41) is 20.1. The van der Waals surface area contributed by atoms with E-state index >= 15 is 4.39 Å². The summed E-state index contributed by atoms with van der Waals surface area (Å²) >= 11 is 6.20. The fourth-order valence-electron chi connectivity index (χ4n) is 5.92. The zero-order valence-corrected chi connectivity index (χ0v) is 25.3. The van der Waals surface area contributed by atoms with Crippen molar-refractivity contribution in [2.24, 2.45) is 11.7 Å². The van der Waals surface area contributed by atoms with E-state index in [0.717, 1.165) is 0 Å². The minimum Gasteiger partial charge on any atom is -0.494 e. The Kier molecular flexibility index (Phi) is 6.61. The van der Waals surface area contributed by atoms with Crippen molar-refractivity contribution in [1.29, 1.82) is 0 Å². The van der Waals surface area contributed by atoms with Gasteiger partial charge in [0.2, 0.25) is 11.7 Å². The van der Waals surface area contributed by atoms with Gasteiger partial charge < -0.3 is 25.6 Å². The van der Waals surface area contributed by atoms with Crippen molar-refractivity contribution in [2.45, 2.75) is 49.4 Å². The Balaban J connectivity index is 1.26. The van der Waals surface area contributed by atoms with Crippen LogP contribution in [0.15, 0.2) is 42.6 Å². The number of aromatic nitrogens is 3. The molecule has 0 radical (unpaired) electrons. The minimum absolute atomic E-state index is 0.0266. The second-order valence-corrected chi connectivity index (χ2v) is 12.8. The molecule has 2 fully saturated rings. The number of nitrogens with two attached hydrogens (primary N) is 1. The second kappa shape index (κ2) is 10.1. The summed E-state index contributed by atoms with van der Waals surface area (Å²) in [7, 11) is 1.44. The number of halogens is 3. The fraction of sp³-hybridized carbons (Fsp3) is 0.375. The van der Waals surface area contributed by atoms with E-state index in [1.54, 1.807) is 25.3 Å². The number of methoxy groups -OCH3 is 1. The van der Waals surface area contributed by atoms with Crippen molar-refractivity contribution in [3.05, 3.63) is 70.3 Å². The van der Waals surface area contributed by atoms with Gasteiger partial charge in [-0.3, -0.25) is 9.59 Å². The Morgan fingerprint density at radius 3 is 2.69 bits per heavy atom. The summed E-state index contributed by atoms with van der Waals surface area (Å²) in [4.78, 5) is 30.8. The Labute approximate surface area is 261 Å². The summed E-state index contributed by atoms with van der Waals surface area (Å²) in [5.74, 6) is -3.14. The van der Waals surface area contributed by atoms with Crippen molar-refractivity contribution < 1.29 is 33.0 Å². The number of hydrogen-bond acceptors (Lipinski definition) is 7. The van der Waals surface area contributed by atoms with Gasteiger partial charge in [0.05, 0.1) is 19.3 Å². The highest BCUT2D eigenvalue weighted by atomic mass is 35.5. The van der Waals surface area contributed by atoms with Gasteiger partial charge in [-0.2, -0.15) is 5.10 Å². The molecule has 45 heavy (non-hydrogen) atoms. The summed E-state index contributed by atoms with van der Waals surface area (Å²) in [6.07, 6.45) is 3.58. The number of alkyl halides is 1. The van der Waals surface area contributed by atoms with Crippen LogP contribution in [0.25, 0.3) is 22.2 Å². The quantitative estimate of drug-likeness (QED) is 0.246. The third kappa shape index (κ3) is 4.78. The van der Waals surface area contributed by atoms with Gasteiger partial charge in [-0.1, -0.05) is 11.6 Å². The first-order valence-electron chi connectivity index (χ1n) is 14.6. The molecule has 7 rings (SSSR count). The number of nitrogens with zero attached hydrogens (tertiary/aromatic N) is 3. The first kappa shape index (κ1) is 29.4. The lowest BCUT2D eigenvalue weighted by Crippen LogP contribution is -2.44. The van der Waals surface area contributed by atoms with Gasteiger partial charge >= 0.3 is 0 Å². The van der Waals surface area contributed by atoms with Crippen LogP contribution in [0.1, 0.15) is 54.2 Å². The minimum atomic E-state index is -1.69. The predicted octanol–water partition coefficient (Wildman–Crippen LogP) is 4.48. The second-order valence-electron chi connectivity index (χ2n) is 12.3. The number of amides is 2. The monoisotopic (exact) mass is 637 g/mol. The first-order chi connectivity index (χ1) is 21.4. The Morgan fingerprint density at radius 2 is 2.02 bits per heavy atom. The van der Waals surface area contributed by atoms with E-state index in [0.29, 0.717) is 47.9 Å². The van der Waals surface area contributed by atoms with Crippen LogP contribution >= 0.6 is 11.6 Å². The summed E-state index contributed by atoms with van der Waals surface area (Å²) in [5.41, 5.74) is 4.03. The van der Waals surface area contributed by atoms with E-state index in [-0.39, 0.29) is 52.4 Å². The molecule has 0 bridgehead atoms. The molecule has 0 spiro atoms. The molecule has 2 aromatic carbocycles. The highest BCUT2D eigenvalue weighted by molar-refractivity contribution is 6.30. The molecule has 0 unspecified atom stereocenters. The maximum atomic E-state index is 15.2. The van der Waals surface area contributed by atoms with Gasteiger partial charge in [0.25, 0.3) is 5.91 Å². The van der Waals surface area contributed by atoms with Crippen LogP contribution in [-0.4, -0.2) is 51.9 Å². The SMILES string of the molecule is COc1cc(C(=O)NC[C@](O)(c2cc3c(c(-c4cc(Cl)ccc4F)n2)OC[C@]3(C)C(N)=O)C2CC2)cc2cn(C3(F)CC3)nc12. The highest BCUT2D eigenvalue weighted by Crippen LogP contribution is 2.50. The number of pyridine rings is 1. The van der Waals surface area contributed by atoms with E-state index in [9.17, 15) is 19.1 Å². The van der Waals surface area contributed by atoms with E-state index in [4.69, 9.17) is 26.8 Å². The molecule has 2 amide bonds. The maximum absolute atomic E-state index is 15.2. The predicted molar refractivity (Wildman–Crippen MR) is 160 cm³/mol. The van der Waals surface area contributed by atoms with Crippen LogP contribution in [0.2, 0.25) is 5.02 Å². The lowest BCUT2D eigenvalue weighted by molar-refractivity contribution is -0.123. The maximum Gasteiger partial charge on any atom is 0.251 e. The molecule has 1 aliphatic heterocycles. The molecule has 2 aromatic heterocycles. The van der Waals surface area contributed by atoms with Gasteiger partial charge in [0.1, 0.15) is 46.1 Å². The molecule has 2 aliphatic carbocycles. The molecule has 3 aliphatic rings. The third-order valence-electron chi connectivity index (χ3n) is 9.14. The number of aliphatic hydroxyl groups is 1. The number of benzene rings is 2. The Morgan fingerprint density at radius 1 is 1.27 bits per heavy atom. The number of hydrogen-bond donors (Lipinski definition) is 3. The van der Waals surface area contributed by atoms with E-state index in [1.165, 1.54) is 36.1 Å². The number of fused-ring (bicyclic) bond motifs is 2. The zero-order chi connectivity index (χ0) is 31.9. The van der Waals surface area contributed by atoms with Crippen molar-refractivity contribution >= 4 is 34.3 Å². The number of nitrogens with one attached hydrogen (secondary N) is 1. The van der Waals surface area contributed by atoms with Gasteiger partial charge in [-0.05, 0) is 62.1 Å². The van der Waals surface area contributed by atoms with E-state index < -0.39 is 34.4 Å². The van der Waals surface area contributed by atoms with E-state index in [2.05, 4.69) is 15.4 Å². The van der Waals surface area contributed by atoms with Crippen molar-refractivity contribution in [3.63, 3.8) is 0 Å². The van der Waals surface area contributed by atoms with Crippen LogP contribution in [0.5, 0.6) is 11.5 Å². The molecule has 3 heterocycles. The number of carbonyl (C=O) groups is 2. The van der Waals surface area contributed by atoms with E-state index in [1.807, 2.05) is 0 Å². The highest BCUT2D eigenvalue weighted by Gasteiger charge is 2.50. The first-order valence-corrected chi connectivity index (χ1v) is 15.0. The van der Waals surface area contributed by atoms with Gasteiger partial charge in [-0.25, -0.2) is 18.4 Å². The molecule has 10 nitrogen and oxygen atoms in total. The van der Waals surface area contributed by atoms with Crippen molar-refractivity contribution in [1.82, 2.24) is 20.1 Å². The molecule has 4 aromatic rings. The molecule has 2 saturated carbocycles. The van der Waals surface area contributed by atoms with Crippen LogP contribution in [0.4, 0.5) is 8.78 Å². The molecule has 13 heteroatoms. The largest absolute Gasteiger partial charge is 0.494 e. The number of ether oxygens (including phenoxy) is 2. The molecular weight excluding hydrogens is 608 g/mol. The Hall–Kier alpha value is -4.29. The van der Waals surface area contributed by atoms with Gasteiger partial charge in [-0.15, -0.1) is 0 Å². The number of rotatable bonds is 9. The van der Waals surface area contributed by atoms with Crippen LogP contribution in [0.3, 0.4) is 0 Å². The summed E-state index contributed by atoms with van der Waals surface area (Å²) in [6, 6.07) is 8.63. The average Bonchev–Trinajstić information content (AvgIpc) is 3.94. The zero-order valence-electron chi connectivity index (χ0n) is 24.5. The molecule has 4 N–H and O–H groups in total. The summed E-state index contributed by atoms with van der Waals surface area (Å²) < 4.78 is 42.4. The average molecular weight is 638 g/mol. The van der Waals surface area contributed by atoms with Crippen molar-refractivity contribution in [3.8, 4) is 22.8 Å². The third-order valence-corrected chi connectivity index (χ3v) is 9.38. The number of primary amides is 1. The van der Waals surface area contributed by atoms with Crippen LogP contribution in [0, 0.1) is 11.7 Å².